The number of pyridine rings is 1. The Hall–Kier alpha value is -1.92. The van der Waals surface area contributed by atoms with Crippen LogP contribution < -0.4 is 4.74 Å². The molecule has 8 nitrogen and oxygen atoms in total. The highest BCUT2D eigenvalue weighted by molar-refractivity contribution is 7.89. The Balaban J connectivity index is 0.000000345. The lowest BCUT2D eigenvalue weighted by Crippen LogP contribution is -2.66. The summed E-state index contributed by atoms with van der Waals surface area (Å²) in [7, 11) is -3.11. The van der Waals surface area contributed by atoms with E-state index in [0.717, 1.165) is 12.2 Å². The molecule has 2 aliphatic rings. The van der Waals surface area contributed by atoms with E-state index < -0.39 is 22.2 Å². The summed E-state index contributed by atoms with van der Waals surface area (Å²) >= 11 is 0. The van der Waals surface area contributed by atoms with E-state index in [1.807, 2.05) is 12.1 Å². The van der Waals surface area contributed by atoms with Crippen LogP contribution in [0, 0.1) is 5.92 Å². The third-order valence-corrected chi connectivity index (χ3v) is 6.35. The molecule has 12 heteroatoms. The first kappa shape index (κ1) is 22.4. The molecule has 0 radical (unpaired) electrons. The molecule has 3 heterocycles. The molecule has 0 aromatic carbocycles. The van der Waals surface area contributed by atoms with Crippen molar-refractivity contribution in [3.63, 3.8) is 0 Å². The van der Waals surface area contributed by atoms with E-state index in [0.29, 0.717) is 26.3 Å². The molecule has 1 spiro atoms. The smallest absolute Gasteiger partial charge is 0.490 e. The van der Waals surface area contributed by atoms with Gasteiger partial charge in [-0.15, -0.1) is 0 Å². The van der Waals surface area contributed by atoms with E-state index in [1.54, 1.807) is 19.3 Å². The summed E-state index contributed by atoms with van der Waals surface area (Å²) in [5, 5.41) is 7.12. The molecule has 1 N–H and O–H groups in total. The molecule has 2 saturated heterocycles. The van der Waals surface area contributed by atoms with Crippen molar-refractivity contribution in [3.8, 4) is 5.75 Å². The average Bonchev–Trinajstić information content (AvgIpc) is 3.03. The van der Waals surface area contributed by atoms with Gasteiger partial charge in [-0.1, -0.05) is 0 Å². The topological polar surface area (TPSA) is 106 Å². The first-order valence-corrected chi connectivity index (χ1v) is 10.1. The summed E-state index contributed by atoms with van der Waals surface area (Å²) in [6, 6.07) is 3.69. The number of carbonyl (C=O) groups is 1. The van der Waals surface area contributed by atoms with Gasteiger partial charge < -0.3 is 14.6 Å². The fraction of sp³-hybridized carbons (Fsp3) is 0.625. The predicted molar refractivity (Wildman–Crippen MR) is 91.2 cm³/mol. The monoisotopic (exact) mass is 426 g/mol. The zero-order valence-electron chi connectivity index (χ0n) is 15.1. The first-order chi connectivity index (χ1) is 13.0. The number of nitrogens with zero attached hydrogens (tertiary/aromatic N) is 2. The van der Waals surface area contributed by atoms with Crippen molar-refractivity contribution in [2.75, 3.05) is 32.1 Å². The van der Waals surface area contributed by atoms with Crippen LogP contribution in [0.5, 0.6) is 5.75 Å². The SMILES string of the molecule is CCS(=O)(=O)N1CC2(C1)OCCC2COc1cccnc1.O=C(O)C(F)(F)F. The molecule has 2 fully saturated rings. The number of alkyl halides is 3. The Kier molecular flexibility index (Phi) is 6.88. The van der Waals surface area contributed by atoms with Crippen LogP contribution in [0.2, 0.25) is 0 Å². The molecule has 1 aromatic rings. The molecular weight excluding hydrogens is 405 g/mol. The quantitative estimate of drug-likeness (QED) is 0.761. The summed E-state index contributed by atoms with van der Waals surface area (Å²) in [6.45, 7) is 3.76. The van der Waals surface area contributed by atoms with Gasteiger partial charge in [0.05, 0.1) is 18.6 Å². The van der Waals surface area contributed by atoms with Gasteiger partial charge in [-0.3, -0.25) is 4.98 Å². The van der Waals surface area contributed by atoms with Gasteiger partial charge in [0.25, 0.3) is 0 Å². The van der Waals surface area contributed by atoms with E-state index in [2.05, 4.69) is 4.98 Å². The molecule has 1 unspecified atom stereocenters. The number of halogens is 3. The summed E-state index contributed by atoms with van der Waals surface area (Å²) in [4.78, 5) is 12.9. The molecule has 28 heavy (non-hydrogen) atoms. The van der Waals surface area contributed by atoms with Crippen LogP contribution in [0.1, 0.15) is 13.3 Å². The average molecular weight is 426 g/mol. The van der Waals surface area contributed by atoms with Gasteiger partial charge >= 0.3 is 12.1 Å². The number of ether oxygens (including phenoxy) is 2. The van der Waals surface area contributed by atoms with Gasteiger partial charge in [0.15, 0.2) is 0 Å². The highest BCUT2D eigenvalue weighted by Crippen LogP contribution is 2.41. The fourth-order valence-corrected chi connectivity index (χ4v) is 4.12. The molecular formula is C16H21F3N2O6S. The predicted octanol–water partition coefficient (Wildman–Crippen LogP) is 1.53. The largest absolute Gasteiger partial charge is 0.492 e. The fourth-order valence-electron chi connectivity index (χ4n) is 2.93. The molecule has 1 atom stereocenters. The van der Waals surface area contributed by atoms with Crippen molar-refractivity contribution in [1.82, 2.24) is 9.29 Å². The Morgan fingerprint density at radius 1 is 1.46 bits per heavy atom. The third kappa shape index (κ3) is 5.32. The second-order valence-corrected chi connectivity index (χ2v) is 8.63. The number of sulfonamides is 1. The van der Waals surface area contributed by atoms with Gasteiger partial charge in [0.1, 0.15) is 11.4 Å². The van der Waals surface area contributed by atoms with Crippen molar-refractivity contribution in [2.45, 2.75) is 25.1 Å². The highest BCUT2D eigenvalue weighted by Gasteiger charge is 2.56. The lowest BCUT2D eigenvalue weighted by molar-refractivity contribution is -0.192. The van der Waals surface area contributed by atoms with E-state index >= 15 is 0 Å². The number of rotatable bonds is 5. The van der Waals surface area contributed by atoms with Gasteiger partial charge in [0, 0.05) is 31.8 Å². The minimum atomic E-state index is -5.08. The highest BCUT2D eigenvalue weighted by atomic mass is 32.2. The number of hydrogen-bond acceptors (Lipinski definition) is 6. The molecule has 2 aliphatic heterocycles. The Morgan fingerprint density at radius 3 is 2.61 bits per heavy atom. The summed E-state index contributed by atoms with van der Waals surface area (Å²) in [5.41, 5.74) is -0.357. The van der Waals surface area contributed by atoms with Crippen molar-refractivity contribution < 1.29 is 41.0 Å². The van der Waals surface area contributed by atoms with E-state index in [9.17, 15) is 21.6 Å². The van der Waals surface area contributed by atoms with Gasteiger partial charge in [0.2, 0.25) is 10.0 Å². The molecule has 158 valence electrons. The van der Waals surface area contributed by atoms with Crippen LogP contribution >= 0.6 is 0 Å². The second-order valence-electron chi connectivity index (χ2n) is 6.37. The maximum atomic E-state index is 11.8. The number of carboxylic acids is 1. The number of hydrogen-bond donors (Lipinski definition) is 1. The Bertz CT molecular complexity index is 766. The van der Waals surface area contributed by atoms with Crippen LogP contribution in [0.25, 0.3) is 0 Å². The van der Waals surface area contributed by atoms with E-state index in [-0.39, 0.29) is 17.3 Å². The van der Waals surface area contributed by atoms with Crippen molar-refractivity contribution in [2.24, 2.45) is 5.92 Å². The summed E-state index contributed by atoms with van der Waals surface area (Å²) < 4.78 is 68.5. The molecule has 0 saturated carbocycles. The van der Waals surface area contributed by atoms with Crippen LogP contribution in [0.15, 0.2) is 24.5 Å². The third-order valence-electron chi connectivity index (χ3n) is 4.57. The second kappa shape index (κ2) is 8.62. The van der Waals surface area contributed by atoms with Crippen LogP contribution in [0.3, 0.4) is 0 Å². The molecule has 3 rings (SSSR count). The lowest BCUT2D eigenvalue weighted by Gasteiger charge is -2.48. The standard InChI is InChI=1S/C14H20N2O4S.C2HF3O2/c1-2-21(17,18)16-10-14(11-16)12(5-7-20-14)9-19-13-4-3-6-15-8-13;3-2(4,5)1(6)7/h3-4,6,8,12H,2,5,7,9-11H2,1H3;(H,6,7). The van der Waals surface area contributed by atoms with Crippen LogP contribution in [0.4, 0.5) is 13.2 Å². The lowest BCUT2D eigenvalue weighted by atomic mass is 9.83. The normalized spacial score (nSPS) is 21.5. The molecule has 0 amide bonds. The maximum absolute atomic E-state index is 11.8. The summed E-state index contributed by atoms with van der Waals surface area (Å²) in [6.07, 6.45) is -0.802. The van der Waals surface area contributed by atoms with E-state index in [1.165, 1.54) is 4.31 Å². The van der Waals surface area contributed by atoms with Gasteiger partial charge in [-0.25, -0.2) is 13.2 Å². The minimum Gasteiger partial charge on any atom is -0.492 e. The number of carboxylic acid groups (broad SMARTS) is 1. The molecule has 0 aliphatic carbocycles. The zero-order chi connectivity index (χ0) is 21.0. The zero-order valence-corrected chi connectivity index (χ0v) is 15.9. The van der Waals surface area contributed by atoms with E-state index in [4.69, 9.17) is 19.4 Å². The molecule has 1 aromatic heterocycles. The summed E-state index contributed by atoms with van der Waals surface area (Å²) in [5.74, 6) is -1.66. The Morgan fingerprint density at radius 2 is 2.11 bits per heavy atom. The van der Waals surface area contributed by atoms with Gasteiger partial charge in [-0.05, 0) is 25.5 Å². The molecule has 0 bridgehead atoms. The van der Waals surface area contributed by atoms with Gasteiger partial charge in [-0.2, -0.15) is 17.5 Å². The van der Waals surface area contributed by atoms with Crippen LogP contribution in [-0.2, 0) is 19.6 Å². The number of aliphatic carboxylic acids is 1. The number of aromatic nitrogens is 1. The van der Waals surface area contributed by atoms with Crippen molar-refractivity contribution in [1.29, 1.82) is 0 Å². The Labute approximate surface area is 160 Å². The van der Waals surface area contributed by atoms with Crippen LogP contribution in [-0.4, -0.2) is 72.6 Å². The minimum absolute atomic E-state index is 0.139. The van der Waals surface area contributed by atoms with Crippen molar-refractivity contribution >= 4 is 16.0 Å². The first-order valence-electron chi connectivity index (χ1n) is 8.45. The maximum Gasteiger partial charge on any atom is 0.490 e. The van der Waals surface area contributed by atoms with Crippen molar-refractivity contribution in [3.05, 3.63) is 24.5 Å².